The van der Waals surface area contributed by atoms with E-state index in [-0.39, 0.29) is 5.57 Å². The zero-order valence-corrected chi connectivity index (χ0v) is 17.8. The fourth-order valence-electron chi connectivity index (χ4n) is 3.90. The number of aromatic nitrogens is 2. The van der Waals surface area contributed by atoms with Gasteiger partial charge in [0.2, 0.25) is 0 Å². The first-order chi connectivity index (χ1) is 14.8. The molecule has 4 amide bonds. The summed E-state index contributed by atoms with van der Waals surface area (Å²) in [6.07, 6.45) is 3.24. The van der Waals surface area contributed by atoms with Gasteiger partial charge in [-0.15, -0.1) is 0 Å². The molecule has 3 heterocycles. The summed E-state index contributed by atoms with van der Waals surface area (Å²) in [6.45, 7) is 7.60. The van der Waals surface area contributed by atoms with Crippen LogP contribution >= 0.6 is 0 Å². The van der Waals surface area contributed by atoms with Crippen LogP contribution in [0.4, 0.5) is 10.5 Å². The molecule has 7 heteroatoms. The molecule has 1 fully saturated rings. The second-order valence-electron chi connectivity index (χ2n) is 7.65. The predicted octanol–water partition coefficient (Wildman–Crippen LogP) is 3.77. The topological polar surface area (TPSA) is 84.3 Å². The Morgan fingerprint density at radius 3 is 2.29 bits per heavy atom. The molecule has 156 valence electrons. The van der Waals surface area contributed by atoms with Gasteiger partial charge in [0.15, 0.2) is 0 Å². The molecule has 3 aromatic rings. The Hall–Kier alpha value is -4.00. The summed E-state index contributed by atoms with van der Waals surface area (Å²) in [7, 11) is 0. The van der Waals surface area contributed by atoms with Crippen molar-refractivity contribution < 1.29 is 14.4 Å². The Morgan fingerprint density at radius 2 is 1.65 bits per heavy atom. The van der Waals surface area contributed by atoms with Crippen LogP contribution in [0.1, 0.15) is 28.1 Å². The number of anilines is 1. The number of aryl methyl sites for hydroxylation is 3. The molecule has 0 radical (unpaired) electrons. The number of carbonyl (C=O) groups excluding carboxylic acids is 3. The highest BCUT2D eigenvalue weighted by atomic mass is 16.2. The number of hydrogen-bond acceptors (Lipinski definition) is 4. The molecule has 0 aliphatic carbocycles. The van der Waals surface area contributed by atoms with Crippen molar-refractivity contribution in [1.29, 1.82) is 0 Å². The van der Waals surface area contributed by atoms with E-state index in [1.807, 2.05) is 62.6 Å². The molecule has 0 unspecified atom stereocenters. The standard InChI is InChI=1S/C24H22N4O3/c1-14-9-15(2)11-19(10-14)28-23(30)20(22(29)26-24(28)31)13-18-12-16(3)27(17(18)4)21-7-5-6-8-25-21/h5-13H,1-4H3,(H,26,29,31)/b20-13+. The van der Waals surface area contributed by atoms with E-state index >= 15 is 0 Å². The van der Waals surface area contributed by atoms with Crippen LogP contribution in [0.3, 0.4) is 0 Å². The molecule has 1 aliphatic rings. The van der Waals surface area contributed by atoms with Crippen LogP contribution < -0.4 is 10.2 Å². The largest absolute Gasteiger partial charge is 0.335 e. The van der Waals surface area contributed by atoms with E-state index in [0.717, 1.165) is 33.2 Å². The fraction of sp³-hybridized carbons (Fsp3) is 0.167. The molecule has 2 aromatic heterocycles. The van der Waals surface area contributed by atoms with Gasteiger partial charge in [-0.25, -0.2) is 14.7 Å². The second kappa shape index (κ2) is 7.68. The number of carbonyl (C=O) groups is 3. The van der Waals surface area contributed by atoms with Crippen molar-refractivity contribution in [2.75, 3.05) is 4.90 Å². The third-order valence-electron chi connectivity index (χ3n) is 5.21. The average molecular weight is 414 g/mol. The van der Waals surface area contributed by atoms with Crippen molar-refractivity contribution in [3.8, 4) is 5.82 Å². The van der Waals surface area contributed by atoms with Crippen LogP contribution in [-0.2, 0) is 9.59 Å². The summed E-state index contributed by atoms with van der Waals surface area (Å²) < 4.78 is 1.95. The lowest BCUT2D eigenvalue weighted by Gasteiger charge is -2.27. The zero-order valence-electron chi connectivity index (χ0n) is 17.8. The highest BCUT2D eigenvalue weighted by molar-refractivity contribution is 6.39. The Kier molecular flexibility index (Phi) is 5.02. The summed E-state index contributed by atoms with van der Waals surface area (Å²) >= 11 is 0. The molecule has 1 saturated heterocycles. The molecule has 4 rings (SSSR count). The normalized spacial score (nSPS) is 15.5. The fourth-order valence-corrected chi connectivity index (χ4v) is 3.90. The van der Waals surface area contributed by atoms with Crippen molar-refractivity contribution in [1.82, 2.24) is 14.9 Å². The van der Waals surface area contributed by atoms with Crippen molar-refractivity contribution in [2.24, 2.45) is 0 Å². The number of nitrogens with one attached hydrogen (secondary N) is 1. The molecule has 0 atom stereocenters. The van der Waals surface area contributed by atoms with Gasteiger partial charge in [0.05, 0.1) is 5.69 Å². The Bertz CT molecular complexity index is 1240. The number of nitrogens with zero attached hydrogens (tertiary/aromatic N) is 3. The SMILES string of the molecule is Cc1cc(C)cc(N2C(=O)NC(=O)/C(=C\c3cc(C)n(-c4ccccn4)c3C)C2=O)c1. The molecule has 1 aromatic carbocycles. The van der Waals surface area contributed by atoms with Gasteiger partial charge in [0.1, 0.15) is 11.4 Å². The smallest absolute Gasteiger partial charge is 0.303 e. The maximum Gasteiger partial charge on any atom is 0.335 e. The van der Waals surface area contributed by atoms with E-state index < -0.39 is 17.8 Å². The summed E-state index contributed by atoms with van der Waals surface area (Å²) in [6, 6.07) is 12.2. The van der Waals surface area contributed by atoms with E-state index in [1.54, 1.807) is 18.3 Å². The molecule has 0 bridgehead atoms. The second-order valence-corrected chi connectivity index (χ2v) is 7.65. The quantitative estimate of drug-likeness (QED) is 0.522. The Morgan fingerprint density at radius 1 is 0.935 bits per heavy atom. The van der Waals surface area contributed by atoms with Gasteiger partial charge in [0, 0.05) is 17.6 Å². The first-order valence-electron chi connectivity index (χ1n) is 9.86. The summed E-state index contributed by atoms with van der Waals surface area (Å²) in [4.78, 5) is 43.6. The number of hydrogen-bond donors (Lipinski definition) is 1. The molecule has 31 heavy (non-hydrogen) atoms. The number of urea groups is 1. The van der Waals surface area contributed by atoms with Gasteiger partial charge in [0.25, 0.3) is 11.8 Å². The third kappa shape index (κ3) is 3.66. The van der Waals surface area contributed by atoms with E-state index in [2.05, 4.69) is 10.3 Å². The summed E-state index contributed by atoms with van der Waals surface area (Å²) in [5.41, 5.74) is 4.61. The zero-order chi connectivity index (χ0) is 22.3. The lowest BCUT2D eigenvalue weighted by molar-refractivity contribution is -0.122. The highest BCUT2D eigenvalue weighted by Gasteiger charge is 2.37. The maximum absolute atomic E-state index is 13.2. The Balaban J connectivity index is 1.78. The molecule has 7 nitrogen and oxygen atoms in total. The minimum Gasteiger partial charge on any atom is -0.303 e. The Labute approximate surface area is 180 Å². The average Bonchev–Trinajstić information content (AvgIpc) is 2.98. The van der Waals surface area contributed by atoms with Crippen LogP contribution in [0.2, 0.25) is 0 Å². The first kappa shape index (κ1) is 20.3. The van der Waals surface area contributed by atoms with Gasteiger partial charge in [-0.3, -0.25) is 14.9 Å². The van der Waals surface area contributed by atoms with Crippen LogP contribution in [0, 0.1) is 27.7 Å². The van der Waals surface area contributed by atoms with Crippen molar-refractivity contribution in [2.45, 2.75) is 27.7 Å². The van der Waals surface area contributed by atoms with E-state index in [9.17, 15) is 14.4 Å². The number of benzene rings is 1. The number of barbiturate groups is 1. The van der Waals surface area contributed by atoms with Crippen LogP contribution in [-0.4, -0.2) is 27.4 Å². The molecule has 1 N–H and O–H groups in total. The maximum atomic E-state index is 13.2. The lowest BCUT2D eigenvalue weighted by atomic mass is 10.1. The van der Waals surface area contributed by atoms with Gasteiger partial charge >= 0.3 is 6.03 Å². The van der Waals surface area contributed by atoms with E-state index in [4.69, 9.17) is 0 Å². The number of amides is 4. The van der Waals surface area contributed by atoms with Gasteiger partial charge in [-0.05, 0) is 80.8 Å². The van der Waals surface area contributed by atoms with Gasteiger partial charge in [-0.2, -0.15) is 0 Å². The number of imide groups is 2. The van der Waals surface area contributed by atoms with Gasteiger partial charge in [-0.1, -0.05) is 12.1 Å². The van der Waals surface area contributed by atoms with Gasteiger partial charge < -0.3 is 4.57 Å². The molecule has 0 spiro atoms. The monoisotopic (exact) mass is 414 g/mol. The molecule has 1 aliphatic heterocycles. The number of pyridine rings is 1. The highest BCUT2D eigenvalue weighted by Crippen LogP contribution is 2.26. The third-order valence-corrected chi connectivity index (χ3v) is 5.21. The molecular weight excluding hydrogens is 392 g/mol. The van der Waals surface area contributed by atoms with E-state index in [1.165, 1.54) is 6.08 Å². The molecular formula is C24H22N4O3. The molecule has 0 saturated carbocycles. The van der Waals surface area contributed by atoms with E-state index in [0.29, 0.717) is 11.3 Å². The summed E-state index contributed by atoms with van der Waals surface area (Å²) in [5, 5.41) is 2.28. The van der Waals surface area contributed by atoms with Crippen molar-refractivity contribution in [3.63, 3.8) is 0 Å². The van der Waals surface area contributed by atoms with Crippen molar-refractivity contribution >= 4 is 29.6 Å². The summed E-state index contributed by atoms with van der Waals surface area (Å²) in [5.74, 6) is -0.617. The van der Waals surface area contributed by atoms with Crippen LogP contribution in [0.5, 0.6) is 0 Å². The lowest BCUT2D eigenvalue weighted by Crippen LogP contribution is -2.54. The first-order valence-corrected chi connectivity index (χ1v) is 9.86. The van der Waals surface area contributed by atoms with Crippen LogP contribution in [0.25, 0.3) is 11.9 Å². The van der Waals surface area contributed by atoms with Crippen molar-refractivity contribution in [3.05, 3.63) is 82.3 Å². The minimum atomic E-state index is -0.754. The predicted molar refractivity (Wildman–Crippen MR) is 118 cm³/mol. The van der Waals surface area contributed by atoms with Crippen LogP contribution in [0.15, 0.2) is 54.2 Å². The number of rotatable bonds is 3. The minimum absolute atomic E-state index is 0.0972.